The van der Waals surface area contributed by atoms with Crippen molar-refractivity contribution in [3.05, 3.63) is 46.0 Å². The highest BCUT2D eigenvalue weighted by Crippen LogP contribution is 2.37. The molecule has 0 aromatic heterocycles. The molecule has 1 aliphatic carbocycles. The summed E-state index contributed by atoms with van der Waals surface area (Å²) in [6.07, 6.45) is 4.45. The fourth-order valence-corrected chi connectivity index (χ4v) is 2.50. The summed E-state index contributed by atoms with van der Waals surface area (Å²) in [6.45, 7) is -2.98. The van der Waals surface area contributed by atoms with Crippen LogP contribution in [0.1, 0.15) is 24.3 Å². The summed E-state index contributed by atoms with van der Waals surface area (Å²) in [5.41, 5.74) is 0.595. The molecule has 0 amide bonds. The fourth-order valence-electron chi connectivity index (χ4n) is 2.50. The van der Waals surface area contributed by atoms with Crippen molar-refractivity contribution in [3.63, 3.8) is 0 Å². The summed E-state index contributed by atoms with van der Waals surface area (Å²) in [6, 6.07) is 3.77. The van der Waals surface area contributed by atoms with Crippen LogP contribution in [0.4, 0.5) is 8.78 Å². The van der Waals surface area contributed by atoms with Gasteiger partial charge >= 0.3 is 6.61 Å². The van der Waals surface area contributed by atoms with Gasteiger partial charge in [0, 0.05) is 11.3 Å². The molecular weight excluding hydrogens is 284 g/mol. The van der Waals surface area contributed by atoms with Crippen LogP contribution in [-0.2, 0) is 0 Å². The number of nitro groups is 1. The maximum Gasteiger partial charge on any atom is 0.387 e. The molecule has 1 aromatic carbocycles. The van der Waals surface area contributed by atoms with Gasteiger partial charge in [-0.15, -0.1) is 0 Å². The molecule has 0 aliphatic heterocycles. The lowest BCUT2D eigenvalue weighted by Gasteiger charge is -2.23. The van der Waals surface area contributed by atoms with Gasteiger partial charge in [0.1, 0.15) is 0 Å². The van der Waals surface area contributed by atoms with Crippen molar-refractivity contribution in [3.8, 4) is 11.5 Å². The molecule has 0 fully saturated rings. The van der Waals surface area contributed by atoms with Crippen LogP contribution < -0.4 is 9.47 Å². The van der Waals surface area contributed by atoms with Crippen LogP contribution in [0.3, 0.4) is 0 Å². The molecule has 0 saturated heterocycles. The molecule has 1 aliphatic rings. The maximum atomic E-state index is 12.4. The van der Waals surface area contributed by atoms with Gasteiger partial charge in [-0.05, 0) is 24.1 Å². The Balaban J connectivity index is 2.34. The number of hydrogen-bond donors (Lipinski definition) is 0. The number of benzene rings is 1. The van der Waals surface area contributed by atoms with Crippen LogP contribution in [0.2, 0.25) is 0 Å². The molecule has 0 spiro atoms. The molecule has 5 nitrogen and oxygen atoms in total. The molecule has 2 rings (SSSR count). The van der Waals surface area contributed by atoms with Crippen molar-refractivity contribution in [1.82, 2.24) is 0 Å². The van der Waals surface area contributed by atoms with E-state index in [1.165, 1.54) is 19.2 Å². The molecule has 0 bridgehead atoms. The monoisotopic (exact) mass is 299 g/mol. The van der Waals surface area contributed by atoms with Crippen molar-refractivity contribution in [1.29, 1.82) is 0 Å². The third-order valence-corrected chi connectivity index (χ3v) is 3.50. The second-order valence-corrected chi connectivity index (χ2v) is 4.69. The van der Waals surface area contributed by atoms with E-state index in [4.69, 9.17) is 4.74 Å². The third-order valence-electron chi connectivity index (χ3n) is 3.50. The number of hydrogen-bond acceptors (Lipinski definition) is 4. The Labute approximate surface area is 120 Å². The quantitative estimate of drug-likeness (QED) is 0.475. The Morgan fingerprint density at radius 3 is 2.62 bits per heavy atom. The van der Waals surface area contributed by atoms with Crippen molar-refractivity contribution in [2.75, 3.05) is 7.11 Å². The van der Waals surface area contributed by atoms with Crippen LogP contribution in [0.25, 0.3) is 0 Å². The second-order valence-electron chi connectivity index (χ2n) is 4.69. The molecule has 21 heavy (non-hydrogen) atoms. The first-order valence-electron chi connectivity index (χ1n) is 6.44. The minimum absolute atomic E-state index is 0.110. The van der Waals surface area contributed by atoms with Gasteiger partial charge in [0.15, 0.2) is 11.5 Å². The van der Waals surface area contributed by atoms with Crippen LogP contribution in [0, 0.1) is 10.1 Å². The average molecular weight is 299 g/mol. The van der Waals surface area contributed by atoms with E-state index in [0.717, 1.165) is 0 Å². The minimum Gasteiger partial charge on any atom is -0.493 e. The van der Waals surface area contributed by atoms with E-state index in [1.807, 2.05) is 6.08 Å². The largest absolute Gasteiger partial charge is 0.493 e. The second kappa shape index (κ2) is 6.51. The Bertz CT molecular complexity index is 548. The summed E-state index contributed by atoms with van der Waals surface area (Å²) in [4.78, 5) is 10.8. The summed E-state index contributed by atoms with van der Waals surface area (Å²) in [5, 5.41) is 11.1. The van der Waals surface area contributed by atoms with E-state index in [-0.39, 0.29) is 22.3 Å². The zero-order chi connectivity index (χ0) is 15.4. The van der Waals surface area contributed by atoms with Gasteiger partial charge in [-0.25, -0.2) is 0 Å². The van der Waals surface area contributed by atoms with Crippen molar-refractivity contribution in [2.45, 2.75) is 31.4 Å². The van der Waals surface area contributed by atoms with Gasteiger partial charge in [-0.2, -0.15) is 8.78 Å². The molecule has 0 saturated carbocycles. The van der Waals surface area contributed by atoms with Crippen LogP contribution in [0.15, 0.2) is 30.4 Å². The SMILES string of the molecule is COc1ccc([C@@H]2CC=CC[C@@H]2[N+](=O)[O-])cc1OC(F)F. The molecule has 0 unspecified atom stereocenters. The number of methoxy groups -OCH3 is 1. The maximum absolute atomic E-state index is 12.4. The predicted molar refractivity (Wildman–Crippen MR) is 71.5 cm³/mol. The number of halogens is 2. The lowest BCUT2D eigenvalue weighted by Crippen LogP contribution is -2.28. The van der Waals surface area contributed by atoms with E-state index >= 15 is 0 Å². The highest BCUT2D eigenvalue weighted by atomic mass is 19.3. The van der Waals surface area contributed by atoms with Gasteiger partial charge < -0.3 is 9.47 Å². The van der Waals surface area contributed by atoms with Gasteiger partial charge in [-0.3, -0.25) is 10.1 Å². The average Bonchev–Trinajstić information content (AvgIpc) is 2.46. The number of nitrogens with zero attached hydrogens (tertiary/aromatic N) is 1. The Morgan fingerprint density at radius 1 is 1.29 bits per heavy atom. The van der Waals surface area contributed by atoms with E-state index in [2.05, 4.69) is 4.74 Å². The number of ether oxygens (including phenoxy) is 2. The van der Waals surface area contributed by atoms with Gasteiger partial charge in [0.05, 0.1) is 13.0 Å². The first-order valence-corrected chi connectivity index (χ1v) is 6.44. The minimum atomic E-state index is -2.98. The normalized spacial score (nSPS) is 21.3. The molecule has 0 radical (unpaired) electrons. The van der Waals surface area contributed by atoms with E-state index in [9.17, 15) is 18.9 Å². The zero-order valence-corrected chi connectivity index (χ0v) is 11.4. The number of allylic oxidation sites excluding steroid dienone is 1. The summed E-state index contributed by atoms with van der Waals surface area (Å²) < 4.78 is 34.2. The van der Waals surface area contributed by atoms with Gasteiger partial charge in [0.25, 0.3) is 0 Å². The molecule has 7 heteroatoms. The van der Waals surface area contributed by atoms with Crippen molar-refractivity contribution >= 4 is 0 Å². The zero-order valence-electron chi connectivity index (χ0n) is 11.4. The number of rotatable bonds is 5. The molecule has 0 heterocycles. The van der Waals surface area contributed by atoms with Crippen molar-refractivity contribution in [2.24, 2.45) is 0 Å². The Kier molecular flexibility index (Phi) is 4.72. The summed E-state index contributed by atoms with van der Waals surface area (Å²) in [5.74, 6) is -0.305. The molecule has 114 valence electrons. The molecule has 2 atom stereocenters. The van der Waals surface area contributed by atoms with Crippen LogP contribution in [0.5, 0.6) is 11.5 Å². The van der Waals surface area contributed by atoms with Gasteiger partial charge in [0.2, 0.25) is 6.04 Å². The topological polar surface area (TPSA) is 61.6 Å². The van der Waals surface area contributed by atoms with Crippen LogP contribution in [-0.4, -0.2) is 24.7 Å². The summed E-state index contributed by atoms with van der Waals surface area (Å²) >= 11 is 0. The third kappa shape index (κ3) is 3.48. The molecule has 1 aromatic rings. The lowest BCUT2D eigenvalue weighted by atomic mass is 9.83. The Hall–Kier alpha value is -2.18. The predicted octanol–water partition coefficient (Wildman–Crippen LogP) is 3.38. The first kappa shape index (κ1) is 15.2. The fraction of sp³-hybridized carbons (Fsp3) is 0.429. The number of alkyl halides is 2. The Morgan fingerprint density at radius 2 is 2.00 bits per heavy atom. The lowest BCUT2D eigenvalue weighted by molar-refractivity contribution is -0.526. The summed E-state index contributed by atoms with van der Waals surface area (Å²) in [7, 11) is 1.34. The van der Waals surface area contributed by atoms with Crippen molar-refractivity contribution < 1.29 is 23.2 Å². The highest BCUT2D eigenvalue weighted by molar-refractivity contribution is 5.44. The van der Waals surface area contributed by atoms with E-state index in [1.54, 1.807) is 12.1 Å². The molecular formula is C14H15F2NO4. The molecule has 0 N–H and O–H groups in total. The van der Waals surface area contributed by atoms with Gasteiger partial charge in [-0.1, -0.05) is 18.2 Å². The highest BCUT2D eigenvalue weighted by Gasteiger charge is 2.33. The standard InChI is InChI=1S/C14H15F2NO4/c1-20-12-7-6-9(8-13(12)21-14(15)16)10-4-2-3-5-11(10)17(18)19/h2-3,6-8,10-11,14H,4-5H2,1H3/t10-,11-/m0/s1. The van der Waals surface area contributed by atoms with E-state index in [0.29, 0.717) is 18.4 Å². The van der Waals surface area contributed by atoms with E-state index < -0.39 is 12.7 Å². The van der Waals surface area contributed by atoms with Crippen LogP contribution >= 0.6 is 0 Å². The smallest absolute Gasteiger partial charge is 0.387 e. The first-order chi connectivity index (χ1) is 10.0.